The molecule has 1 aliphatic heterocycles. The number of benzene rings is 2. The molecule has 2 aromatic rings. The van der Waals surface area contributed by atoms with Crippen LogP contribution in [0.5, 0.6) is 5.75 Å². The number of rotatable bonds is 5. The Kier molecular flexibility index (Phi) is 4.92. The quantitative estimate of drug-likeness (QED) is 0.864. The number of methoxy groups -OCH3 is 1. The topological polar surface area (TPSA) is 70.7 Å². The molecule has 1 fully saturated rings. The summed E-state index contributed by atoms with van der Waals surface area (Å²) in [6.07, 6.45) is 0. The van der Waals surface area contributed by atoms with Gasteiger partial charge >= 0.3 is 0 Å². The Balaban J connectivity index is 1.89. The number of hydrogen-bond donors (Lipinski definition) is 2. The maximum absolute atomic E-state index is 12.5. The number of nitrogens with one attached hydrogen (secondary N) is 2. The summed E-state index contributed by atoms with van der Waals surface area (Å²) >= 11 is 0. The normalized spacial score (nSPS) is 15.1. The molecule has 0 saturated carbocycles. The molecule has 1 aliphatic rings. The molecule has 128 valence electrons. The SMILES string of the molecule is COc1ccc(NS(=O)(=O)c2ccccc2)cc1N1CCNCC1. The summed E-state index contributed by atoms with van der Waals surface area (Å²) in [5.74, 6) is 0.736. The van der Waals surface area contributed by atoms with E-state index in [1.54, 1.807) is 49.6 Å². The average molecular weight is 347 g/mol. The van der Waals surface area contributed by atoms with Crippen LogP contribution in [0.25, 0.3) is 0 Å². The molecule has 2 aromatic carbocycles. The molecule has 3 rings (SSSR count). The maximum Gasteiger partial charge on any atom is 0.261 e. The second-order valence-corrected chi connectivity index (χ2v) is 7.22. The van der Waals surface area contributed by atoms with Crippen molar-refractivity contribution in [2.75, 3.05) is 42.9 Å². The lowest BCUT2D eigenvalue weighted by molar-refractivity contribution is 0.413. The summed E-state index contributed by atoms with van der Waals surface area (Å²) in [4.78, 5) is 2.43. The Bertz CT molecular complexity index is 788. The number of piperazine rings is 1. The summed E-state index contributed by atoms with van der Waals surface area (Å²) in [7, 11) is -1.98. The second-order valence-electron chi connectivity index (χ2n) is 5.54. The predicted octanol–water partition coefficient (Wildman–Crippen LogP) is 1.91. The van der Waals surface area contributed by atoms with Gasteiger partial charge in [-0.3, -0.25) is 4.72 Å². The molecule has 0 bridgehead atoms. The van der Waals surface area contributed by atoms with Gasteiger partial charge in [-0.25, -0.2) is 8.42 Å². The maximum atomic E-state index is 12.5. The number of nitrogens with zero attached hydrogens (tertiary/aromatic N) is 1. The molecule has 0 aromatic heterocycles. The minimum absolute atomic E-state index is 0.240. The van der Waals surface area contributed by atoms with Crippen molar-refractivity contribution in [1.82, 2.24) is 5.32 Å². The van der Waals surface area contributed by atoms with E-state index in [0.29, 0.717) is 5.69 Å². The molecule has 0 aliphatic carbocycles. The zero-order valence-electron chi connectivity index (χ0n) is 13.5. The lowest BCUT2D eigenvalue weighted by Gasteiger charge is -2.31. The van der Waals surface area contributed by atoms with Crippen molar-refractivity contribution >= 4 is 21.4 Å². The van der Waals surface area contributed by atoms with Crippen molar-refractivity contribution in [2.45, 2.75) is 4.90 Å². The highest BCUT2D eigenvalue weighted by molar-refractivity contribution is 7.92. The fraction of sp³-hybridized carbons (Fsp3) is 0.294. The van der Waals surface area contributed by atoms with E-state index < -0.39 is 10.0 Å². The second kappa shape index (κ2) is 7.11. The number of ether oxygens (including phenoxy) is 1. The van der Waals surface area contributed by atoms with Gasteiger partial charge in [0.1, 0.15) is 5.75 Å². The summed E-state index contributed by atoms with van der Waals surface area (Å²) in [5, 5.41) is 3.30. The first kappa shape index (κ1) is 16.6. The highest BCUT2D eigenvalue weighted by atomic mass is 32.2. The Hall–Kier alpha value is -2.25. The molecule has 24 heavy (non-hydrogen) atoms. The van der Waals surface area contributed by atoms with Gasteiger partial charge in [0.05, 0.1) is 23.4 Å². The molecule has 2 N–H and O–H groups in total. The van der Waals surface area contributed by atoms with Crippen molar-refractivity contribution in [3.8, 4) is 5.75 Å². The standard InChI is InChI=1S/C17H21N3O3S/c1-23-17-8-7-14(13-16(17)20-11-9-18-10-12-20)19-24(21,22)15-5-3-2-4-6-15/h2-8,13,18-19H,9-12H2,1H3. The Morgan fingerprint density at radius 2 is 1.79 bits per heavy atom. The van der Waals surface area contributed by atoms with Gasteiger partial charge in [0.2, 0.25) is 0 Å². The van der Waals surface area contributed by atoms with E-state index in [-0.39, 0.29) is 4.90 Å². The number of sulfonamides is 1. The molecule has 1 heterocycles. The van der Waals surface area contributed by atoms with Crippen molar-refractivity contribution in [3.05, 3.63) is 48.5 Å². The fourth-order valence-corrected chi connectivity index (χ4v) is 3.79. The lowest BCUT2D eigenvalue weighted by Crippen LogP contribution is -2.43. The molecule has 7 heteroatoms. The van der Waals surface area contributed by atoms with Gasteiger partial charge in [0, 0.05) is 26.2 Å². The lowest BCUT2D eigenvalue weighted by atomic mass is 10.2. The highest BCUT2D eigenvalue weighted by Gasteiger charge is 2.18. The fourth-order valence-electron chi connectivity index (χ4n) is 2.72. The van der Waals surface area contributed by atoms with E-state index >= 15 is 0 Å². The minimum Gasteiger partial charge on any atom is -0.495 e. The minimum atomic E-state index is -3.60. The van der Waals surface area contributed by atoms with E-state index in [0.717, 1.165) is 37.6 Å². The van der Waals surface area contributed by atoms with Gasteiger partial charge in [0.25, 0.3) is 10.0 Å². The summed E-state index contributed by atoms with van der Waals surface area (Å²) in [6.45, 7) is 3.49. The van der Waals surface area contributed by atoms with E-state index in [1.165, 1.54) is 0 Å². The summed E-state index contributed by atoms with van der Waals surface area (Å²) in [6, 6.07) is 13.7. The molecule has 0 atom stereocenters. The van der Waals surface area contributed by atoms with Crippen LogP contribution in [0.3, 0.4) is 0 Å². The van der Waals surface area contributed by atoms with Crippen LogP contribution in [0.1, 0.15) is 0 Å². The van der Waals surface area contributed by atoms with Gasteiger partial charge in [-0.1, -0.05) is 18.2 Å². The van der Waals surface area contributed by atoms with Crippen LogP contribution in [0, 0.1) is 0 Å². The van der Waals surface area contributed by atoms with Crippen LogP contribution in [0.2, 0.25) is 0 Å². The Morgan fingerprint density at radius 3 is 2.46 bits per heavy atom. The smallest absolute Gasteiger partial charge is 0.261 e. The number of hydrogen-bond acceptors (Lipinski definition) is 5. The van der Waals surface area contributed by atoms with Crippen LogP contribution >= 0.6 is 0 Å². The van der Waals surface area contributed by atoms with Crippen LogP contribution in [0.4, 0.5) is 11.4 Å². The van der Waals surface area contributed by atoms with Crippen LogP contribution in [-0.4, -0.2) is 41.7 Å². The average Bonchev–Trinajstić information content (AvgIpc) is 2.63. The van der Waals surface area contributed by atoms with Gasteiger partial charge < -0.3 is 15.0 Å². The van der Waals surface area contributed by atoms with Gasteiger partial charge in [-0.2, -0.15) is 0 Å². The zero-order valence-corrected chi connectivity index (χ0v) is 14.3. The molecule has 0 radical (unpaired) electrons. The molecule has 1 saturated heterocycles. The summed E-state index contributed by atoms with van der Waals surface area (Å²) < 4.78 is 33.0. The van der Waals surface area contributed by atoms with E-state index in [9.17, 15) is 8.42 Å². The van der Waals surface area contributed by atoms with E-state index in [4.69, 9.17) is 4.74 Å². The van der Waals surface area contributed by atoms with E-state index in [1.807, 2.05) is 6.07 Å². The largest absolute Gasteiger partial charge is 0.495 e. The van der Waals surface area contributed by atoms with Crippen molar-refractivity contribution in [1.29, 1.82) is 0 Å². The van der Waals surface area contributed by atoms with Gasteiger partial charge in [-0.15, -0.1) is 0 Å². The predicted molar refractivity (Wildman–Crippen MR) is 95.3 cm³/mol. The first-order valence-electron chi connectivity index (χ1n) is 7.82. The summed E-state index contributed by atoms with van der Waals surface area (Å²) in [5.41, 5.74) is 1.42. The molecular formula is C17H21N3O3S. The van der Waals surface area contributed by atoms with Gasteiger partial charge in [-0.05, 0) is 30.3 Å². The van der Waals surface area contributed by atoms with Crippen molar-refractivity contribution in [3.63, 3.8) is 0 Å². The molecule has 0 spiro atoms. The molecule has 0 unspecified atom stereocenters. The molecule has 0 amide bonds. The third kappa shape index (κ3) is 3.63. The third-order valence-electron chi connectivity index (χ3n) is 3.94. The van der Waals surface area contributed by atoms with Crippen molar-refractivity contribution < 1.29 is 13.2 Å². The first-order valence-corrected chi connectivity index (χ1v) is 9.30. The van der Waals surface area contributed by atoms with Crippen LogP contribution in [0.15, 0.2) is 53.4 Å². The third-order valence-corrected chi connectivity index (χ3v) is 5.34. The highest BCUT2D eigenvalue weighted by Crippen LogP contribution is 2.32. The monoisotopic (exact) mass is 347 g/mol. The first-order chi connectivity index (χ1) is 11.6. The van der Waals surface area contributed by atoms with Gasteiger partial charge in [0.15, 0.2) is 0 Å². The molecular weight excluding hydrogens is 326 g/mol. The van der Waals surface area contributed by atoms with E-state index in [2.05, 4.69) is 14.9 Å². The number of anilines is 2. The Labute approximate surface area is 142 Å². The van der Waals surface area contributed by atoms with Crippen LogP contribution < -0.4 is 19.7 Å². The van der Waals surface area contributed by atoms with Crippen molar-refractivity contribution in [2.24, 2.45) is 0 Å². The molecule has 6 nitrogen and oxygen atoms in total. The van der Waals surface area contributed by atoms with Crippen LogP contribution in [-0.2, 0) is 10.0 Å². The zero-order chi connectivity index (χ0) is 17.0. The Morgan fingerprint density at radius 1 is 1.08 bits per heavy atom.